The molecule has 0 saturated carbocycles. The molecule has 1 aliphatic heterocycles. The molecule has 0 bridgehead atoms. The number of hydrogen-bond donors (Lipinski definition) is 2. The maximum Gasteiger partial charge on any atom is 0.304 e. The summed E-state index contributed by atoms with van der Waals surface area (Å²) < 4.78 is 0. The SMILES string of the molecule is CCN(CC)C1(C)CN(C(C)CC(=O)O)CCN(C(C)CC(=O)O)C1. The van der Waals surface area contributed by atoms with Gasteiger partial charge in [-0.15, -0.1) is 0 Å². The van der Waals surface area contributed by atoms with Crippen molar-refractivity contribution in [2.45, 2.75) is 65.1 Å². The smallest absolute Gasteiger partial charge is 0.304 e. The molecular weight excluding hydrogens is 322 g/mol. The van der Waals surface area contributed by atoms with Crippen LogP contribution >= 0.6 is 0 Å². The molecule has 0 spiro atoms. The minimum atomic E-state index is -0.780. The second-order valence-electron chi connectivity index (χ2n) is 7.50. The lowest BCUT2D eigenvalue weighted by atomic mass is 9.96. The molecule has 0 aromatic rings. The highest BCUT2D eigenvalue weighted by atomic mass is 16.4. The lowest BCUT2D eigenvalue weighted by Gasteiger charge is -2.45. The molecule has 1 rings (SSSR count). The van der Waals surface area contributed by atoms with Crippen LogP contribution in [0.4, 0.5) is 0 Å². The van der Waals surface area contributed by atoms with Crippen molar-refractivity contribution in [3.05, 3.63) is 0 Å². The monoisotopic (exact) mass is 357 g/mol. The number of nitrogens with zero attached hydrogens (tertiary/aromatic N) is 3. The van der Waals surface area contributed by atoms with Gasteiger partial charge in [-0.1, -0.05) is 13.8 Å². The Balaban J connectivity index is 3.04. The van der Waals surface area contributed by atoms with Crippen LogP contribution in [-0.4, -0.2) is 93.7 Å². The van der Waals surface area contributed by atoms with Crippen molar-refractivity contribution in [2.75, 3.05) is 39.3 Å². The van der Waals surface area contributed by atoms with Gasteiger partial charge in [0.1, 0.15) is 0 Å². The predicted octanol–water partition coefficient (Wildman–Crippen LogP) is 1.43. The van der Waals surface area contributed by atoms with Crippen LogP contribution in [0.1, 0.15) is 47.5 Å². The van der Waals surface area contributed by atoms with Crippen LogP contribution in [0.2, 0.25) is 0 Å². The molecule has 2 atom stereocenters. The molecule has 1 fully saturated rings. The molecule has 7 heteroatoms. The number of likely N-dealkylation sites (N-methyl/N-ethyl adjacent to an activating group) is 1. The van der Waals surface area contributed by atoms with E-state index >= 15 is 0 Å². The maximum absolute atomic E-state index is 11.1. The van der Waals surface area contributed by atoms with Crippen LogP contribution in [0.3, 0.4) is 0 Å². The first kappa shape index (κ1) is 21.9. The molecule has 2 unspecified atom stereocenters. The van der Waals surface area contributed by atoms with Crippen molar-refractivity contribution in [1.82, 2.24) is 14.7 Å². The van der Waals surface area contributed by atoms with Gasteiger partial charge in [0.15, 0.2) is 0 Å². The number of aliphatic carboxylic acids is 2. The van der Waals surface area contributed by atoms with Gasteiger partial charge in [0, 0.05) is 43.8 Å². The largest absolute Gasteiger partial charge is 0.481 e. The first-order valence-electron chi connectivity index (χ1n) is 9.29. The Labute approximate surface area is 151 Å². The standard InChI is InChI=1S/C18H35N3O4/c1-6-21(7-2)18(5)12-19(14(3)10-16(22)23)8-9-20(13-18)15(4)11-17(24)25/h14-15H,6-13H2,1-5H3,(H,22,23)(H,24,25). The van der Waals surface area contributed by atoms with Crippen molar-refractivity contribution in [2.24, 2.45) is 0 Å². The second kappa shape index (κ2) is 9.50. The molecule has 0 aliphatic carbocycles. The van der Waals surface area contributed by atoms with Crippen molar-refractivity contribution in [1.29, 1.82) is 0 Å². The number of rotatable bonds is 9. The Morgan fingerprint density at radius 1 is 0.960 bits per heavy atom. The summed E-state index contributed by atoms with van der Waals surface area (Å²) in [6.07, 6.45) is 0.248. The molecule has 0 aromatic carbocycles. The first-order chi connectivity index (χ1) is 11.6. The second-order valence-corrected chi connectivity index (χ2v) is 7.50. The van der Waals surface area contributed by atoms with Gasteiger partial charge in [-0.2, -0.15) is 0 Å². The zero-order chi connectivity index (χ0) is 19.2. The van der Waals surface area contributed by atoms with Gasteiger partial charge in [-0.3, -0.25) is 24.3 Å². The highest BCUT2D eigenvalue weighted by molar-refractivity contribution is 5.67. The van der Waals surface area contributed by atoms with Crippen molar-refractivity contribution in [3.8, 4) is 0 Å². The summed E-state index contributed by atoms with van der Waals surface area (Å²) in [6, 6.07) is -0.0794. The van der Waals surface area contributed by atoms with Crippen LogP contribution in [0.15, 0.2) is 0 Å². The lowest BCUT2D eigenvalue weighted by molar-refractivity contribution is -0.139. The van der Waals surface area contributed by atoms with Gasteiger partial charge >= 0.3 is 11.9 Å². The van der Waals surface area contributed by atoms with E-state index in [1.54, 1.807) is 0 Å². The van der Waals surface area contributed by atoms with E-state index in [0.717, 1.165) is 39.3 Å². The van der Waals surface area contributed by atoms with Crippen LogP contribution in [0.5, 0.6) is 0 Å². The van der Waals surface area contributed by atoms with E-state index in [-0.39, 0.29) is 30.5 Å². The number of carbonyl (C=O) groups is 2. The third kappa shape index (κ3) is 6.24. The molecule has 7 nitrogen and oxygen atoms in total. The van der Waals surface area contributed by atoms with Crippen molar-refractivity contribution in [3.63, 3.8) is 0 Å². The molecule has 1 aliphatic rings. The topological polar surface area (TPSA) is 84.3 Å². The lowest BCUT2D eigenvalue weighted by Crippen LogP contribution is -2.58. The van der Waals surface area contributed by atoms with E-state index in [1.165, 1.54) is 0 Å². The first-order valence-corrected chi connectivity index (χ1v) is 9.29. The molecule has 0 amide bonds. The van der Waals surface area contributed by atoms with Crippen molar-refractivity contribution < 1.29 is 19.8 Å². The Bertz CT molecular complexity index is 422. The summed E-state index contributed by atoms with van der Waals surface area (Å²) >= 11 is 0. The Hall–Kier alpha value is -1.18. The van der Waals surface area contributed by atoms with E-state index < -0.39 is 11.9 Å². The Kier molecular flexibility index (Phi) is 8.31. The highest BCUT2D eigenvalue weighted by Crippen LogP contribution is 2.25. The molecule has 2 N–H and O–H groups in total. The zero-order valence-electron chi connectivity index (χ0n) is 16.4. The van der Waals surface area contributed by atoms with E-state index in [2.05, 4.69) is 35.5 Å². The average Bonchev–Trinajstić information content (AvgIpc) is 2.67. The molecular formula is C18H35N3O4. The molecule has 0 aromatic heterocycles. The maximum atomic E-state index is 11.1. The summed E-state index contributed by atoms with van der Waals surface area (Å²) in [6.45, 7) is 15.3. The van der Waals surface area contributed by atoms with Gasteiger partial charge in [-0.05, 0) is 33.9 Å². The van der Waals surface area contributed by atoms with Crippen LogP contribution < -0.4 is 0 Å². The van der Waals surface area contributed by atoms with Gasteiger partial charge in [0.25, 0.3) is 0 Å². The fourth-order valence-electron chi connectivity index (χ4n) is 4.04. The number of carboxylic acids is 2. The van der Waals surface area contributed by atoms with Gasteiger partial charge in [0.05, 0.1) is 12.8 Å². The highest BCUT2D eigenvalue weighted by Gasteiger charge is 2.39. The summed E-state index contributed by atoms with van der Waals surface area (Å²) in [7, 11) is 0. The van der Waals surface area contributed by atoms with Gasteiger partial charge in [-0.25, -0.2) is 0 Å². The third-order valence-electron chi connectivity index (χ3n) is 5.48. The normalized spacial score (nSPS) is 25.5. The number of carboxylic acid groups (broad SMARTS) is 2. The van der Waals surface area contributed by atoms with E-state index in [1.807, 2.05) is 13.8 Å². The molecule has 1 saturated heterocycles. The Morgan fingerprint density at radius 2 is 1.32 bits per heavy atom. The van der Waals surface area contributed by atoms with E-state index in [0.29, 0.717) is 0 Å². The molecule has 0 radical (unpaired) electrons. The quantitative estimate of drug-likeness (QED) is 0.646. The summed E-state index contributed by atoms with van der Waals surface area (Å²) in [4.78, 5) is 29.2. The number of hydrogen-bond acceptors (Lipinski definition) is 5. The van der Waals surface area contributed by atoms with Gasteiger partial charge < -0.3 is 10.2 Å². The third-order valence-corrected chi connectivity index (χ3v) is 5.48. The fourth-order valence-corrected chi connectivity index (χ4v) is 4.04. The minimum absolute atomic E-state index is 0.0397. The molecule has 1 heterocycles. The molecule has 25 heavy (non-hydrogen) atoms. The van der Waals surface area contributed by atoms with Gasteiger partial charge in [0.2, 0.25) is 0 Å². The summed E-state index contributed by atoms with van der Waals surface area (Å²) in [5, 5.41) is 18.3. The minimum Gasteiger partial charge on any atom is -0.481 e. The Morgan fingerprint density at radius 3 is 1.60 bits per heavy atom. The van der Waals surface area contributed by atoms with Crippen LogP contribution in [0, 0.1) is 0 Å². The summed E-state index contributed by atoms with van der Waals surface area (Å²) in [5.41, 5.74) is -0.139. The molecule has 146 valence electrons. The zero-order valence-corrected chi connectivity index (χ0v) is 16.4. The average molecular weight is 357 g/mol. The fraction of sp³-hybridized carbons (Fsp3) is 0.889. The van der Waals surface area contributed by atoms with Crippen molar-refractivity contribution >= 4 is 11.9 Å². The van der Waals surface area contributed by atoms with Crippen LogP contribution in [0.25, 0.3) is 0 Å². The van der Waals surface area contributed by atoms with Crippen LogP contribution in [-0.2, 0) is 9.59 Å². The predicted molar refractivity (Wildman–Crippen MR) is 97.9 cm³/mol. The summed E-state index contributed by atoms with van der Waals surface area (Å²) in [5.74, 6) is -1.56. The van der Waals surface area contributed by atoms with E-state index in [9.17, 15) is 9.59 Å². The van der Waals surface area contributed by atoms with E-state index in [4.69, 9.17) is 10.2 Å².